The van der Waals surface area contributed by atoms with Crippen molar-refractivity contribution in [2.75, 3.05) is 26.4 Å². The van der Waals surface area contributed by atoms with Crippen molar-refractivity contribution in [2.45, 2.75) is 326 Å². The Morgan fingerprint density at radius 1 is 0.514 bits per heavy atom. The summed E-state index contributed by atoms with van der Waals surface area (Å²) in [6.07, 6.45) is 37.5. The third-order valence-corrected chi connectivity index (χ3v) is 14.4. The molecule has 1 fully saturated rings. The van der Waals surface area contributed by atoms with Gasteiger partial charge < -0.3 is 55.5 Å². The molecule has 13 nitrogen and oxygen atoms in total. The highest BCUT2D eigenvalue weighted by atomic mass is 16.7. The molecule has 70 heavy (non-hydrogen) atoms. The van der Waals surface area contributed by atoms with E-state index in [4.69, 9.17) is 19.3 Å². The molecule has 0 unspecified atom stereocenters. The lowest BCUT2D eigenvalue weighted by Crippen LogP contribution is -2.60. The van der Waals surface area contributed by atoms with Crippen molar-refractivity contribution in [3.63, 3.8) is 0 Å². The van der Waals surface area contributed by atoms with Gasteiger partial charge in [0, 0.05) is 19.6 Å². The number of carbonyl (C=O) groups excluding carboxylic acids is 1. The summed E-state index contributed by atoms with van der Waals surface area (Å²) in [6.45, 7) is 4.91. The molecule has 1 heterocycles. The lowest BCUT2D eigenvalue weighted by molar-refractivity contribution is -0.304. The second-order valence-electron chi connectivity index (χ2n) is 21.0. The average molecular weight is 1000 g/mol. The second kappa shape index (κ2) is 48.4. The molecule has 416 valence electrons. The van der Waals surface area contributed by atoms with Crippen molar-refractivity contribution in [2.24, 2.45) is 0 Å². The van der Waals surface area contributed by atoms with E-state index in [9.17, 15) is 35.1 Å². The molecule has 1 aliphatic heterocycles. The highest BCUT2D eigenvalue weighted by molar-refractivity contribution is 5.76. The van der Waals surface area contributed by atoms with Crippen molar-refractivity contribution in [1.29, 1.82) is 0 Å². The van der Waals surface area contributed by atoms with Crippen molar-refractivity contribution in [3.05, 3.63) is 0 Å². The molecule has 0 aromatic rings. The van der Waals surface area contributed by atoms with E-state index < -0.39 is 55.0 Å². The molecule has 1 rings (SSSR count). The Morgan fingerprint density at radius 2 is 0.914 bits per heavy atom. The van der Waals surface area contributed by atoms with Gasteiger partial charge in [0.1, 0.15) is 30.5 Å². The van der Waals surface area contributed by atoms with Crippen LogP contribution in [0.1, 0.15) is 277 Å². The first-order chi connectivity index (χ1) is 34.1. The number of carbonyl (C=O) groups is 2. The molecule has 2 amide bonds. The number of hydrogen-bond donors (Lipinski definition) is 8. The van der Waals surface area contributed by atoms with Crippen molar-refractivity contribution in [1.82, 2.24) is 10.6 Å². The standard InChI is InChI=1S/C57H112N2O11/c1-3-5-7-9-11-13-15-17-18-19-20-21-22-23-24-25-26-27-29-31-33-35-39-43-51(61)59-48(52(62)49(60)42-38-34-32-30-28-16-14-12-10-8-6-4-2)46-69-56-55(65)54(64)53(63)50(70-56)47-68-45-41-37-36-40-44-58-57(66)67/h48-50,52-56,58,60,62-65H,3-47H2,1-2H3,(H,59,61)(H,66,67)/t48-,49+,50+,52-,53+,54-,55+,56-/m0/s1. The molecule has 8 atom stereocenters. The topological polar surface area (TPSA) is 207 Å². The molecule has 13 heteroatoms. The van der Waals surface area contributed by atoms with Gasteiger partial charge in [-0.15, -0.1) is 0 Å². The zero-order chi connectivity index (χ0) is 51.1. The van der Waals surface area contributed by atoms with Gasteiger partial charge in [-0.3, -0.25) is 4.79 Å². The lowest BCUT2D eigenvalue weighted by atomic mass is 9.98. The Bertz CT molecular complexity index is 1150. The predicted molar refractivity (Wildman–Crippen MR) is 284 cm³/mol. The van der Waals surface area contributed by atoms with E-state index >= 15 is 0 Å². The van der Waals surface area contributed by atoms with Crippen LogP contribution in [-0.4, -0.2) is 118 Å². The van der Waals surface area contributed by atoms with Crippen LogP contribution in [0.25, 0.3) is 0 Å². The summed E-state index contributed by atoms with van der Waals surface area (Å²) in [5.41, 5.74) is 0. The average Bonchev–Trinajstić information content (AvgIpc) is 3.35. The maximum absolute atomic E-state index is 13.2. The van der Waals surface area contributed by atoms with Gasteiger partial charge in [0.15, 0.2) is 6.29 Å². The second-order valence-corrected chi connectivity index (χ2v) is 21.0. The number of hydrogen-bond acceptors (Lipinski definition) is 10. The zero-order valence-corrected chi connectivity index (χ0v) is 45.2. The largest absolute Gasteiger partial charge is 0.465 e. The first-order valence-corrected chi connectivity index (χ1v) is 29.6. The van der Waals surface area contributed by atoms with Crippen LogP contribution in [0.2, 0.25) is 0 Å². The summed E-state index contributed by atoms with van der Waals surface area (Å²) in [4.78, 5) is 23.8. The molecule has 0 radical (unpaired) electrons. The quantitative estimate of drug-likeness (QED) is 0.0269. The maximum Gasteiger partial charge on any atom is 0.404 e. The van der Waals surface area contributed by atoms with Gasteiger partial charge in [0.25, 0.3) is 0 Å². The van der Waals surface area contributed by atoms with Crippen molar-refractivity contribution >= 4 is 12.0 Å². The van der Waals surface area contributed by atoms with Gasteiger partial charge >= 0.3 is 6.09 Å². The number of carboxylic acid groups (broad SMARTS) is 1. The van der Waals surface area contributed by atoms with E-state index in [1.54, 1.807) is 0 Å². The third kappa shape index (κ3) is 38.1. The van der Waals surface area contributed by atoms with Crippen LogP contribution in [0.5, 0.6) is 0 Å². The summed E-state index contributed by atoms with van der Waals surface area (Å²) in [5.74, 6) is -0.251. The number of aliphatic hydroxyl groups excluding tert-OH is 5. The fourth-order valence-electron chi connectivity index (χ4n) is 9.68. The van der Waals surface area contributed by atoms with Gasteiger partial charge in [-0.2, -0.15) is 0 Å². The number of nitrogens with one attached hydrogen (secondary N) is 2. The molecule has 8 N–H and O–H groups in total. The van der Waals surface area contributed by atoms with Crippen LogP contribution in [0, 0.1) is 0 Å². The van der Waals surface area contributed by atoms with Gasteiger partial charge in [-0.25, -0.2) is 4.79 Å². The Balaban J connectivity index is 2.45. The number of ether oxygens (including phenoxy) is 3. The van der Waals surface area contributed by atoms with Crippen LogP contribution in [0.3, 0.4) is 0 Å². The van der Waals surface area contributed by atoms with Gasteiger partial charge in [-0.05, 0) is 25.7 Å². The van der Waals surface area contributed by atoms with Crippen LogP contribution in [0.15, 0.2) is 0 Å². The normalized spacial score (nSPS) is 19.6. The highest BCUT2D eigenvalue weighted by Gasteiger charge is 2.45. The smallest absolute Gasteiger partial charge is 0.404 e. The van der Waals surface area contributed by atoms with Gasteiger partial charge in [0.05, 0.1) is 25.4 Å². The number of rotatable bonds is 52. The van der Waals surface area contributed by atoms with E-state index in [0.29, 0.717) is 38.8 Å². The first-order valence-electron chi connectivity index (χ1n) is 29.6. The molecule has 1 saturated heterocycles. The van der Waals surface area contributed by atoms with Gasteiger partial charge in [0.2, 0.25) is 5.91 Å². The molecule has 0 spiro atoms. The van der Waals surface area contributed by atoms with Crippen LogP contribution in [-0.2, 0) is 19.0 Å². The van der Waals surface area contributed by atoms with E-state index in [1.807, 2.05) is 0 Å². The minimum absolute atomic E-state index is 0.0640. The first kappa shape index (κ1) is 66.4. The summed E-state index contributed by atoms with van der Waals surface area (Å²) >= 11 is 0. The fraction of sp³-hybridized carbons (Fsp3) is 0.965. The Hall–Kier alpha value is -1.58. The summed E-state index contributed by atoms with van der Waals surface area (Å²) in [5, 5.41) is 68.5. The zero-order valence-electron chi connectivity index (χ0n) is 45.2. The van der Waals surface area contributed by atoms with E-state index in [2.05, 4.69) is 24.5 Å². The van der Waals surface area contributed by atoms with E-state index in [0.717, 1.165) is 57.8 Å². The van der Waals surface area contributed by atoms with Crippen LogP contribution < -0.4 is 10.6 Å². The number of amides is 2. The van der Waals surface area contributed by atoms with Crippen LogP contribution in [0.4, 0.5) is 4.79 Å². The predicted octanol–water partition coefficient (Wildman–Crippen LogP) is 12.3. The molecule has 0 bridgehead atoms. The number of unbranched alkanes of at least 4 members (excludes halogenated alkanes) is 36. The molecule has 0 saturated carbocycles. The van der Waals surface area contributed by atoms with Gasteiger partial charge in [-0.1, -0.05) is 245 Å². The minimum Gasteiger partial charge on any atom is -0.465 e. The molecule has 0 aliphatic carbocycles. The SMILES string of the molecule is CCCCCCCCCCCCCCCCCCCCCCCCCC(=O)N[C@@H](CO[C@H]1O[C@H](COCCCCCCNC(=O)O)[C@@H](O)[C@H](O)[C@H]1O)[C@H](O)[C@H](O)CCCCCCCCCCCCCC. The summed E-state index contributed by atoms with van der Waals surface area (Å²) < 4.78 is 17.5. The molecule has 0 aromatic carbocycles. The Kier molecular flexibility index (Phi) is 45.9. The minimum atomic E-state index is -1.60. The molecular weight excluding hydrogens is 889 g/mol. The van der Waals surface area contributed by atoms with Crippen LogP contribution >= 0.6 is 0 Å². The number of aliphatic hydroxyl groups is 5. The molecule has 1 aliphatic rings. The lowest BCUT2D eigenvalue weighted by Gasteiger charge is -2.40. The maximum atomic E-state index is 13.2. The summed E-state index contributed by atoms with van der Waals surface area (Å²) in [6, 6.07) is -0.996. The fourth-order valence-corrected chi connectivity index (χ4v) is 9.68. The highest BCUT2D eigenvalue weighted by Crippen LogP contribution is 2.24. The van der Waals surface area contributed by atoms with Crippen molar-refractivity contribution < 1.29 is 54.4 Å². The van der Waals surface area contributed by atoms with E-state index in [-0.39, 0.29) is 25.5 Å². The Morgan fingerprint density at radius 3 is 1.36 bits per heavy atom. The van der Waals surface area contributed by atoms with Crippen molar-refractivity contribution in [3.8, 4) is 0 Å². The molecular formula is C57H112N2O11. The molecule has 0 aromatic heterocycles. The summed E-state index contributed by atoms with van der Waals surface area (Å²) in [7, 11) is 0. The van der Waals surface area contributed by atoms with E-state index in [1.165, 1.54) is 173 Å². The Labute approximate surface area is 428 Å². The third-order valence-electron chi connectivity index (χ3n) is 14.4. The monoisotopic (exact) mass is 1000 g/mol.